The molecular formula is C19H17FN2O4. The van der Waals surface area contributed by atoms with Crippen LogP contribution < -0.4 is 10.6 Å². The maximum absolute atomic E-state index is 13.0. The molecule has 0 aliphatic rings. The molecule has 6 nitrogen and oxygen atoms in total. The van der Waals surface area contributed by atoms with E-state index in [-0.39, 0.29) is 5.91 Å². The van der Waals surface area contributed by atoms with Crippen molar-refractivity contribution in [1.82, 2.24) is 0 Å². The molecule has 0 spiro atoms. The number of ether oxygens (including phenoxy) is 1. The van der Waals surface area contributed by atoms with Gasteiger partial charge < -0.3 is 15.4 Å². The second-order valence-electron chi connectivity index (χ2n) is 5.30. The monoisotopic (exact) mass is 356 g/mol. The number of nitrogens with one attached hydrogen (secondary N) is 2. The van der Waals surface area contributed by atoms with Crippen LogP contribution >= 0.6 is 0 Å². The van der Waals surface area contributed by atoms with Gasteiger partial charge in [0.2, 0.25) is 5.91 Å². The molecule has 7 heteroatoms. The van der Waals surface area contributed by atoms with Crippen molar-refractivity contribution in [1.29, 1.82) is 0 Å². The van der Waals surface area contributed by atoms with Crippen LogP contribution in [0.2, 0.25) is 0 Å². The Bertz CT molecular complexity index is 832. The van der Waals surface area contributed by atoms with Gasteiger partial charge in [0, 0.05) is 24.4 Å². The van der Waals surface area contributed by atoms with Gasteiger partial charge in [0.05, 0.1) is 0 Å². The number of carbonyl (C=O) groups excluding carboxylic acids is 3. The number of anilines is 2. The maximum atomic E-state index is 13.0. The normalized spacial score (nSPS) is 10.4. The molecule has 0 bridgehead atoms. The molecule has 0 aliphatic heterocycles. The van der Waals surface area contributed by atoms with Crippen LogP contribution in [0.5, 0.6) is 0 Å². The summed E-state index contributed by atoms with van der Waals surface area (Å²) in [7, 11) is 0. The Hall–Kier alpha value is -3.48. The lowest BCUT2D eigenvalue weighted by Crippen LogP contribution is -2.20. The van der Waals surface area contributed by atoms with Crippen LogP contribution in [0.15, 0.2) is 54.6 Å². The molecular weight excluding hydrogens is 339 g/mol. The van der Waals surface area contributed by atoms with Gasteiger partial charge in [-0.2, -0.15) is 0 Å². The molecule has 0 radical (unpaired) electrons. The zero-order chi connectivity index (χ0) is 18.9. The highest BCUT2D eigenvalue weighted by Gasteiger charge is 2.06. The molecule has 26 heavy (non-hydrogen) atoms. The number of amides is 2. The van der Waals surface area contributed by atoms with Gasteiger partial charge in [0.25, 0.3) is 5.91 Å². The van der Waals surface area contributed by atoms with Gasteiger partial charge in [-0.15, -0.1) is 0 Å². The van der Waals surface area contributed by atoms with Crippen molar-refractivity contribution >= 4 is 35.2 Å². The van der Waals surface area contributed by atoms with Gasteiger partial charge in [0.15, 0.2) is 6.61 Å². The summed E-state index contributed by atoms with van der Waals surface area (Å²) < 4.78 is 17.8. The Kier molecular flexibility index (Phi) is 6.61. The third-order valence-corrected chi connectivity index (χ3v) is 3.10. The van der Waals surface area contributed by atoms with Crippen LogP contribution in [0, 0.1) is 5.82 Å². The summed E-state index contributed by atoms with van der Waals surface area (Å²) in [6, 6.07) is 12.2. The first-order valence-corrected chi connectivity index (χ1v) is 7.70. The van der Waals surface area contributed by atoms with Crippen LogP contribution in [0.25, 0.3) is 6.08 Å². The highest BCUT2D eigenvalue weighted by atomic mass is 19.1. The molecule has 0 saturated carbocycles. The smallest absolute Gasteiger partial charge is 0.331 e. The fourth-order valence-electron chi connectivity index (χ4n) is 2.00. The first kappa shape index (κ1) is 18.9. The standard InChI is InChI=1S/C19H17FN2O4/c1-13(23)21-16-6-8-17(9-7-16)22-18(24)12-26-19(25)10-5-14-3-2-4-15(20)11-14/h2-11H,12H2,1H3,(H,21,23)(H,22,24)/b10-5+. The fraction of sp³-hybridized carbons (Fsp3) is 0.105. The molecule has 0 saturated heterocycles. The Labute approximate surface area is 149 Å². The van der Waals surface area contributed by atoms with E-state index in [1.54, 1.807) is 30.3 Å². The van der Waals surface area contributed by atoms with Crippen LogP contribution in [0.3, 0.4) is 0 Å². The number of esters is 1. The van der Waals surface area contributed by atoms with E-state index in [0.717, 1.165) is 6.08 Å². The lowest BCUT2D eigenvalue weighted by Gasteiger charge is -2.07. The van der Waals surface area contributed by atoms with Crippen LogP contribution in [0.4, 0.5) is 15.8 Å². The molecule has 0 unspecified atom stereocenters. The van der Waals surface area contributed by atoms with Crippen LogP contribution in [0.1, 0.15) is 12.5 Å². The van der Waals surface area contributed by atoms with Crippen LogP contribution in [-0.2, 0) is 19.1 Å². The minimum Gasteiger partial charge on any atom is -0.452 e. The van der Waals surface area contributed by atoms with Gasteiger partial charge in [-0.05, 0) is 48.0 Å². The second-order valence-corrected chi connectivity index (χ2v) is 5.30. The summed E-state index contributed by atoms with van der Waals surface area (Å²) in [6.45, 7) is 0.937. The maximum Gasteiger partial charge on any atom is 0.331 e. The zero-order valence-electron chi connectivity index (χ0n) is 14.0. The molecule has 2 aromatic carbocycles. The highest BCUT2D eigenvalue weighted by molar-refractivity contribution is 5.95. The number of carbonyl (C=O) groups is 3. The molecule has 2 aromatic rings. The summed E-state index contributed by atoms with van der Waals surface area (Å²) >= 11 is 0. The summed E-state index contributed by atoms with van der Waals surface area (Å²) in [6.07, 6.45) is 2.51. The van der Waals surface area contributed by atoms with E-state index in [1.165, 1.54) is 31.2 Å². The quantitative estimate of drug-likeness (QED) is 0.616. The summed E-state index contributed by atoms with van der Waals surface area (Å²) in [5.41, 5.74) is 1.60. The average molecular weight is 356 g/mol. The zero-order valence-corrected chi connectivity index (χ0v) is 14.0. The van der Waals surface area contributed by atoms with E-state index in [9.17, 15) is 18.8 Å². The predicted octanol–water partition coefficient (Wildman–Crippen LogP) is 2.98. The first-order chi connectivity index (χ1) is 12.4. The summed E-state index contributed by atoms with van der Waals surface area (Å²) in [5.74, 6) is -1.83. The number of hydrogen-bond acceptors (Lipinski definition) is 4. The number of hydrogen-bond donors (Lipinski definition) is 2. The summed E-state index contributed by atoms with van der Waals surface area (Å²) in [4.78, 5) is 34.3. The van der Waals surface area contributed by atoms with Gasteiger partial charge in [0.1, 0.15) is 5.82 Å². The molecule has 134 valence electrons. The minimum atomic E-state index is -0.717. The van der Waals surface area contributed by atoms with Gasteiger partial charge >= 0.3 is 5.97 Å². The van der Waals surface area contributed by atoms with Crippen molar-refractivity contribution in [2.75, 3.05) is 17.2 Å². The largest absolute Gasteiger partial charge is 0.452 e. The lowest BCUT2D eigenvalue weighted by atomic mass is 10.2. The minimum absolute atomic E-state index is 0.194. The molecule has 0 fully saturated rings. The Balaban J connectivity index is 1.79. The van der Waals surface area contributed by atoms with E-state index in [4.69, 9.17) is 4.74 Å². The highest BCUT2D eigenvalue weighted by Crippen LogP contribution is 2.13. The van der Waals surface area contributed by atoms with Crippen molar-refractivity contribution in [3.05, 3.63) is 66.0 Å². The van der Waals surface area contributed by atoms with Crippen LogP contribution in [-0.4, -0.2) is 24.4 Å². The molecule has 2 amide bonds. The SMILES string of the molecule is CC(=O)Nc1ccc(NC(=O)COC(=O)/C=C/c2cccc(F)c2)cc1. The third-order valence-electron chi connectivity index (χ3n) is 3.10. The lowest BCUT2D eigenvalue weighted by molar-refractivity contribution is -0.142. The van der Waals surface area contributed by atoms with E-state index in [2.05, 4.69) is 10.6 Å². The molecule has 0 atom stereocenters. The molecule has 0 heterocycles. The summed E-state index contributed by atoms with van der Waals surface area (Å²) in [5, 5.41) is 5.16. The van der Waals surface area contributed by atoms with E-state index >= 15 is 0 Å². The molecule has 0 aromatic heterocycles. The Morgan fingerprint density at radius 1 is 1.04 bits per heavy atom. The van der Waals surface area contributed by atoms with E-state index in [1.807, 2.05) is 0 Å². The van der Waals surface area contributed by atoms with Crippen molar-refractivity contribution in [2.45, 2.75) is 6.92 Å². The fourth-order valence-corrected chi connectivity index (χ4v) is 2.00. The molecule has 2 N–H and O–H groups in total. The van der Waals surface area contributed by atoms with E-state index < -0.39 is 24.3 Å². The third kappa shape index (κ3) is 6.56. The predicted molar refractivity (Wildman–Crippen MR) is 95.8 cm³/mol. The van der Waals surface area contributed by atoms with Crippen molar-refractivity contribution in [3.8, 4) is 0 Å². The van der Waals surface area contributed by atoms with Crippen molar-refractivity contribution < 1.29 is 23.5 Å². The van der Waals surface area contributed by atoms with Gasteiger partial charge in [-0.1, -0.05) is 12.1 Å². The van der Waals surface area contributed by atoms with Gasteiger partial charge in [-0.25, -0.2) is 9.18 Å². The molecule has 0 aliphatic carbocycles. The Morgan fingerprint density at radius 2 is 1.69 bits per heavy atom. The number of halogens is 1. The topological polar surface area (TPSA) is 84.5 Å². The van der Waals surface area contributed by atoms with Gasteiger partial charge in [-0.3, -0.25) is 9.59 Å². The second kappa shape index (κ2) is 9.12. The number of rotatable bonds is 6. The van der Waals surface area contributed by atoms with E-state index in [0.29, 0.717) is 16.9 Å². The first-order valence-electron chi connectivity index (χ1n) is 7.70. The van der Waals surface area contributed by atoms with Crippen molar-refractivity contribution in [2.24, 2.45) is 0 Å². The van der Waals surface area contributed by atoms with Crippen molar-refractivity contribution in [3.63, 3.8) is 0 Å². The Morgan fingerprint density at radius 3 is 2.31 bits per heavy atom. The molecule has 2 rings (SSSR count). The average Bonchev–Trinajstić information content (AvgIpc) is 2.59. The number of benzene rings is 2.